The molecule has 0 saturated carbocycles. The van der Waals surface area contributed by atoms with Crippen LogP contribution in [0.2, 0.25) is 0 Å². The fraction of sp³-hybridized carbons (Fsp3) is 1.00. The Morgan fingerprint density at radius 3 is 2.79 bits per heavy atom. The summed E-state index contributed by atoms with van der Waals surface area (Å²) in [5.74, 6) is 0. The van der Waals surface area contributed by atoms with Crippen LogP contribution in [0.3, 0.4) is 0 Å². The highest BCUT2D eigenvalue weighted by Gasteiger charge is 2.35. The molecule has 3 unspecified atom stereocenters. The monoisotopic (exact) mass is 268 g/mol. The zero-order valence-corrected chi connectivity index (χ0v) is 13.1. The van der Waals surface area contributed by atoms with Crippen molar-refractivity contribution in [2.45, 2.75) is 77.0 Å². The van der Waals surface area contributed by atoms with Gasteiger partial charge in [-0.1, -0.05) is 20.3 Å². The van der Waals surface area contributed by atoms with Gasteiger partial charge in [-0.3, -0.25) is 4.90 Å². The van der Waals surface area contributed by atoms with E-state index in [1.807, 2.05) is 0 Å². The molecule has 0 aromatic heterocycles. The Balaban J connectivity index is 1.94. The zero-order valence-electron chi connectivity index (χ0n) is 13.1. The largest absolute Gasteiger partial charge is 0.377 e. The summed E-state index contributed by atoms with van der Waals surface area (Å²) in [5, 5.41) is 3.76. The third-order valence-corrected chi connectivity index (χ3v) is 4.95. The van der Waals surface area contributed by atoms with Gasteiger partial charge in [0.2, 0.25) is 0 Å². The van der Waals surface area contributed by atoms with Crippen molar-refractivity contribution in [2.24, 2.45) is 0 Å². The number of nitrogens with one attached hydrogen (secondary N) is 1. The van der Waals surface area contributed by atoms with E-state index in [0.717, 1.165) is 19.7 Å². The van der Waals surface area contributed by atoms with Crippen molar-refractivity contribution < 1.29 is 4.74 Å². The molecule has 0 aromatic rings. The molecule has 3 nitrogen and oxygen atoms in total. The molecule has 19 heavy (non-hydrogen) atoms. The van der Waals surface area contributed by atoms with Gasteiger partial charge in [-0.2, -0.15) is 0 Å². The van der Waals surface area contributed by atoms with Crippen LogP contribution in [-0.2, 0) is 4.74 Å². The first-order valence-electron chi connectivity index (χ1n) is 8.27. The quantitative estimate of drug-likeness (QED) is 0.830. The minimum atomic E-state index is 0.291. The van der Waals surface area contributed by atoms with Gasteiger partial charge in [-0.25, -0.2) is 0 Å². The topological polar surface area (TPSA) is 24.5 Å². The summed E-state index contributed by atoms with van der Waals surface area (Å²) in [6, 6.07) is 0.704. The van der Waals surface area contributed by atoms with Crippen LogP contribution < -0.4 is 5.32 Å². The van der Waals surface area contributed by atoms with E-state index in [4.69, 9.17) is 4.74 Å². The Labute approximate surface area is 119 Å². The van der Waals surface area contributed by atoms with Gasteiger partial charge in [0.1, 0.15) is 0 Å². The first-order valence-corrected chi connectivity index (χ1v) is 8.27. The molecule has 2 aliphatic heterocycles. The second kappa shape index (κ2) is 7.05. The number of nitrogens with zero attached hydrogens (tertiary/aromatic N) is 1. The Hall–Kier alpha value is -0.120. The van der Waals surface area contributed by atoms with Crippen molar-refractivity contribution in [1.82, 2.24) is 10.2 Å². The van der Waals surface area contributed by atoms with Gasteiger partial charge in [0, 0.05) is 37.8 Å². The van der Waals surface area contributed by atoms with Gasteiger partial charge in [0.15, 0.2) is 0 Å². The van der Waals surface area contributed by atoms with Crippen molar-refractivity contribution >= 4 is 0 Å². The normalized spacial score (nSPS) is 37.4. The van der Waals surface area contributed by atoms with Crippen LogP contribution >= 0.6 is 0 Å². The maximum absolute atomic E-state index is 5.95. The lowest BCUT2D eigenvalue weighted by Gasteiger charge is -2.47. The van der Waals surface area contributed by atoms with E-state index in [1.165, 1.54) is 45.1 Å². The van der Waals surface area contributed by atoms with Crippen LogP contribution in [0.5, 0.6) is 0 Å². The predicted molar refractivity (Wildman–Crippen MR) is 80.6 cm³/mol. The first kappa shape index (κ1) is 15.3. The van der Waals surface area contributed by atoms with Crippen LogP contribution in [0, 0.1) is 0 Å². The summed E-state index contributed by atoms with van der Waals surface area (Å²) in [7, 11) is 0. The fourth-order valence-electron chi connectivity index (χ4n) is 3.41. The SMILES string of the molecule is CCCC1CNC(C)(CC)CN1CC1CCCCO1. The van der Waals surface area contributed by atoms with Gasteiger partial charge < -0.3 is 10.1 Å². The average molecular weight is 268 g/mol. The summed E-state index contributed by atoms with van der Waals surface area (Å²) in [4.78, 5) is 2.71. The Morgan fingerprint density at radius 2 is 2.16 bits per heavy atom. The molecule has 2 heterocycles. The number of rotatable bonds is 5. The van der Waals surface area contributed by atoms with Crippen LogP contribution in [-0.4, -0.2) is 48.8 Å². The molecular formula is C16H32N2O. The van der Waals surface area contributed by atoms with Crippen molar-refractivity contribution in [3.05, 3.63) is 0 Å². The lowest BCUT2D eigenvalue weighted by Crippen LogP contribution is -2.63. The molecule has 112 valence electrons. The number of hydrogen-bond acceptors (Lipinski definition) is 3. The van der Waals surface area contributed by atoms with Gasteiger partial charge in [-0.05, 0) is 39.0 Å². The first-order chi connectivity index (χ1) is 9.17. The maximum Gasteiger partial charge on any atom is 0.0702 e. The summed E-state index contributed by atoms with van der Waals surface area (Å²) < 4.78 is 5.95. The molecule has 3 atom stereocenters. The van der Waals surface area contributed by atoms with Crippen molar-refractivity contribution in [2.75, 3.05) is 26.2 Å². The zero-order chi connectivity index (χ0) is 13.7. The molecule has 3 heteroatoms. The molecule has 0 amide bonds. The molecule has 0 spiro atoms. The van der Waals surface area contributed by atoms with E-state index in [0.29, 0.717) is 17.7 Å². The molecule has 2 saturated heterocycles. The molecule has 0 aliphatic carbocycles. The van der Waals surface area contributed by atoms with E-state index in [2.05, 4.69) is 31.0 Å². The molecule has 2 rings (SSSR count). The van der Waals surface area contributed by atoms with Crippen LogP contribution in [0.4, 0.5) is 0 Å². The summed E-state index contributed by atoms with van der Waals surface area (Å²) in [6.45, 7) is 11.4. The molecular weight excluding hydrogens is 236 g/mol. The molecule has 0 bridgehead atoms. The van der Waals surface area contributed by atoms with Gasteiger partial charge >= 0.3 is 0 Å². The third kappa shape index (κ3) is 4.17. The van der Waals surface area contributed by atoms with E-state index in [9.17, 15) is 0 Å². The number of piperazine rings is 1. The van der Waals surface area contributed by atoms with Gasteiger partial charge in [0.05, 0.1) is 6.10 Å². The fourth-order valence-corrected chi connectivity index (χ4v) is 3.41. The average Bonchev–Trinajstić information content (AvgIpc) is 2.43. The highest BCUT2D eigenvalue weighted by Crippen LogP contribution is 2.23. The Kier molecular flexibility index (Phi) is 5.67. The van der Waals surface area contributed by atoms with Gasteiger partial charge in [-0.15, -0.1) is 0 Å². The van der Waals surface area contributed by atoms with E-state index < -0.39 is 0 Å². The molecule has 2 fully saturated rings. The van der Waals surface area contributed by atoms with Crippen LogP contribution in [0.25, 0.3) is 0 Å². The predicted octanol–water partition coefficient (Wildman–Crippen LogP) is 2.80. The maximum atomic E-state index is 5.95. The summed E-state index contributed by atoms with van der Waals surface area (Å²) in [6.07, 6.45) is 8.12. The smallest absolute Gasteiger partial charge is 0.0702 e. The van der Waals surface area contributed by atoms with Crippen LogP contribution in [0.1, 0.15) is 59.3 Å². The molecule has 2 aliphatic rings. The number of ether oxygens (including phenoxy) is 1. The van der Waals surface area contributed by atoms with Crippen LogP contribution in [0.15, 0.2) is 0 Å². The summed E-state index contributed by atoms with van der Waals surface area (Å²) in [5.41, 5.74) is 0.291. The standard InChI is InChI=1S/C16H32N2O/c1-4-8-14-11-17-16(3,5-2)13-18(14)12-15-9-6-7-10-19-15/h14-15,17H,4-13H2,1-3H3. The summed E-state index contributed by atoms with van der Waals surface area (Å²) >= 11 is 0. The van der Waals surface area contributed by atoms with Gasteiger partial charge in [0.25, 0.3) is 0 Å². The molecule has 0 radical (unpaired) electrons. The van der Waals surface area contributed by atoms with E-state index in [1.54, 1.807) is 0 Å². The van der Waals surface area contributed by atoms with Crippen molar-refractivity contribution in [3.8, 4) is 0 Å². The van der Waals surface area contributed by atoms with E-state index in [-0.39, 0.29) is 0 Å². The Morgan fingerprint density at radius 1 is 1.32 bits per heavy atom. The minimum Gasteiger partial charge on any atom is -0.377 e. The highest BCUT2D eigenvalue weighted by molar-refractivity contribution is 4.95. The molecule has 0 aromatic carbocycles. The number of hydrogen-bond donors (Lipinski definition) is 1. The van der Waals surface area contributed by atoms with Crippen molar-refractivity contribution in [1.29, 1.82) is 0 Å². The lowest BCUT2D eigenvalue weighted by molar-refractivity contribution is -0.0297. The second-order valence-electron chi connectivity index (χ2n) is 6.66. The second-order valence-corrected chi connectivity index (χ2v) is 6.66. The van der Waals surface area contributed by atoms with Crippen molar-refractivity contribution in [3.63, 3.8) is 0 Å². The minimum absolute atomic E-state index is 0.291. The highest BCUT2D eigenvalue weighted by atomic mass is 16.5. The lowest BCUT2D eigenvalue weighted by atomic mass is 9.91. The third-order valence-electron chi connectivity index (χ3n) is 4.95. The molecule has 1 N–H and O–H groups in total. The van der Waals surface area contributed by atoms with E-state index >= 15 is 0 Å². The Bertz CT molecular complexity index is 265.